The van der Waals surface area contributed by atoms with Gasteiger partial charge in [0.15, 0.2) is 0 Å². The lowest BCUT2D eigenvalue weighted by atomic mass is 10.1. The molecule has 10 heteroatoms. The molecule has 0 bridgehead atoms. The Hall–Kier alpha value is -2.16. The van der Waals surface area contributed by atoms with Crippen LogP contribution in [0.1, 0.15) is 11.7 Å². The molecule has 6 nitrogen and oxygen atoms in total. The summed E-state index contributed by atoms with van der Waals surface area (Å²) in [6.45, 7) is 0. The minimum absolute atomic E-state index is 0.0346. The SMILES string of the molecule is COc1cc(OC)c(C(OC(=O)C(F)(F)F)C(N)=O)cc1Cl. The number of methoxy groups -OCH3 is 2. The normalized spacial score (nSPS) is 12.5. The Labute approximate surface area is 127 Å². The van der Waals surface area contributed by atoms with E-state index >= 15 is 0 Å². The molecule has 0 aliphatic heterocycles. The molecule has 22 heavy (non-hydrogen) atoms. The summed E-state index contributed by atoms with van der Waals surface area (Å²) in [5.74, 6) is -3.82. The van der Waals surface area contributed by atoms with E-state index in [1.807, 2.05) is 0 Å². The van der Waals surface area contributed by atoms with E-state index in [9.17, 15) is 22.8 Å². The highest BCUT2D eigenvalue weighted by Crippen LogP contribution is 2.37. The highest BCUT2D eigenvalue weighted by atomic mass is 35.5. The van der Waals surface area contributed by atoms with Crippen LogP contribution in [0.4, 0.5) is 13.2 Å². The van der Waals surface area contributed by atoms with Crippen molar-refractivity contribution in [2.75, 3.05) is 14.2 Å². The van der Waals surface area contributed by atoms with Crippen LogP contribution in [0.3, 0.4) is 0 Å². The largest absolute Gasteiger partial charge is 0.496 e. The van der Waals surface area contributed by atoms with Crippen molar-refractivity contribution in [1.82, 2.24) is 0 Å². The molecule has 0 spiro atoms. The number of ether oxygens (including phenoxy) is 3. The van der Waals surface area contributed by atoms with Crippen LogP contribution in [0.15, 0.2) is 12.1 Å². The fraction of sp³-hybridized carbons (Fsp3) is 0.333. The third-order valence-corrected chi connectivity index (χ3v) is 2.80. The summed E-state index contributed by atoms with van der Waals surface area (Å²) in [7, 11) is 2.49. The number of carbonyl (C=O) groups excluding carboxylic acids is 2. The van der Waals surface area contributed by atoms with Gasteiger partial charge in [-0.05, 0) is 6.07 Å². The molecular weight excluding hydrogens is 331 g/mol. The van der Waals surface area contributed by atoms with Gasteiger partial charge in [0.25, 0.3) is 5.91 Å². The number of hydrogen-bond acceptors (Lipinski definition) is 5. The lowest BCUT2D eigenvalue weighted by Crippen LogP contribution is -2.32. The maximum absolute atomic E-state index is 12.3. The summed E-state index contributed by atoms with van der Waals surface area (Å²) in [4.78, 5) is 22.3. The Morgan fingerprint density at radius 1 is 1.18 bits per heavy atom. The first-order valence-corrected chi connectivity index (χ1v) is 5.98. The molecule has 0 aliphatic rings. The van der Waals surface area contributed by atoms with Gasteiger partial charge in [0.05, 0.1) is 19.2 Å². The summed E-state index contributed by atoms with van der Waals surface area (Å²) in [5.41, 5.74) is 4.75. The molecule has 0 aromatic heterocycles. The molecule has 1 rings (SSSR count). The number of halogens is 4. The first kappa shape index (κ1) is 17.9. The Kier molecular flexibility index (Phi) is 5.48. The van der Waals surface area contributed by atoms with E-state index < -0.39 is 24.2 Å². The van der Waals surface area contributed by atoms with E-state index in [2.05, 4.69) is 4.74 Å². The highest BCUT2D eigenvalue weighted by Gasteiger charge is 2.44. The highest BCUT2D eigenvalue weighted by molar-refractivity contribution is 6.32. The summed E-state index contributed by atoms with van der Waals surface area (Å²) in [6, 6.07) is 2.29. The second-order valence-electron chi connectivity index (χ2n) is 3.91. The van der Waals surface area contributed by atoms with Crippen LogP contribution < -0.4 is 15.2 Å². The van der Waals surface area contributed by atoms with Gasteiger partial charge in [0.2, 0.25) is 6.10 Å². The van der Waals surface area contributed by atoms with Gasteiger partial charge in [-0.15, -0.1) is 0 Å². The van der Waals surface area contributed by atoms with Crippen molar-refractivity contribution in [2.24, 2.45) is 5.73 Å². The number of primary amides is 1. The van der Waals surface area contributed by atoms with Gasteiger partial charge < -0.3 is 19.9 Å². The third-order valence-electron chi connectivity index (χ3n) is 2.50. The van der Waals surface area contributed by atoms with E-state index in [0.717, 1.165) is 6.07 Å². The second kappa shape index (κ2) is 6.73. The van der Waals surface area contributed by atoms with Crippen molar-refractivity contribution in [2.45, 2.75) is 12.3 Å². The first-order chi connectivity index (χ1) is 10.1. The maximum Gasteiger partial charge on any atom is 0.490 e. The quantitative estimate of drug-likeness (QED) is 0.827. The molecule has 1 unspecified atom stereocenters. The van der Waals surface area contributed by atoms with E-state index in [1.54, 1.807) is 0 Å². The molecule has 0 heterocycles. The van der Waals surface area contributed by atoms with Crippen molar-refractivity contribution in [3.05, 3.63) is 22.7 Å². The van der Waals surface area contributed by atoms with Gasteiger partial charge in [0, 0.05) is 11.6 Å². The van der Waals surface area contributed by atoms with Gasteiger partial charge in [-0.3, -0.25) is 4.79 Å². The van der Waals surface area contributed by atoms with E-state index in [1.165, 1.54) is 20.3 Å². The zero-order valence-electron chi connectivity index (χ0n) is 11.4. The molecule has 0 aliphatic carbocycles. The second-order valence-corrected chi connectivity index (χ2v) is 4.32. The molecule has 1 aromatic rings. The molecule has 1 amide bonds. The van der Waals surface area contributed by atoms with Crippen LogP contribution in [0, 0.1) is 0 Å². The Morgan fingerprint density at radius 2 is 1.73 bits per heavy atom. The van der Waals surface area contributed by atoms with Crippen molar-refractivity contribution < 1.29 is 37.0 Å². The molecule has 2 N–H and O–H groups in total. The summed E-state index contributed by atoms with van der Waals surface area (Å²) < 4.78 is 50.7. The maximum atomic E-state index is 12.3. The Bertz CT molecular complexity index is 591. The Morgan fingerprint density at radius 3 is 2.14 bits per heavy atom. The van der Waals surface area contributed by atoms with Gasteiger partial charge in [-0.1, -0.05) is 11.6 Å². The Balaban J connectivity index is 3.30. The van der Waals surface area contributed by atoms with Crippen LogP contribution >= 0.6 is 11.6 Å². The number of alkyl halides is 3. The molecule has 1 aromatic carbocycles. The van der Waals surface area contributed by atoms with E-state index in [4.69, 9.17) is 26.8 Å². The van der Waals surface area contributed by atoms with Gasteiger partial charge >= 0.3 is 12.1 Å². The lowest BCUT2D eigenvalue weighted by molar-refractivity contribution is -0.205. The fourth-order valence-electron chi connectivity index (χ4n) is 1.54. The van der Waals surface area contributed by atoms with E-state index in [0.29, 0.717) is 0 Å². The van der Waals surface area contributed by atoms with E-state index in [-0.39, 0.29) is 22.1 Å². The van der Waals surface area contributed by atoms with Crippen LogP contribution in [-0.4, -0.2) is 32.3 Å². The number of esters is 1. The topological polar surface area (TPSA) is 87.8 Å². The van der Waals surface area contributed by atoms with Crippen molar-refractivity contribution in [1.29, 1.82) is 0 Å². The fourth-order valence-corrected chi connectivity index (χ4v) is 1.79. The van der Waals surface area contributed by atoms with Crippen LogP contribution in [-0.2, 0) is 14.3 Å². The number of hydrogen-bond donors (Lipinski definition) is 1. The predicted molar refractivity (Wildman–Crippen MR) is 68.6 cm³/mol. The number of carbonyl (C=O) groups is 2. The van der Waals surface area contributed by atoms with Crippen molar-refractivity contribution >= 4 is 23.5 Å². The molecule has 0 saturated carbocycles. The van der Waals surface area contributed by atoms with Crippen LogP contribution in [0.2, 0.25) is 5.02 Å². The smallest absolute Gasteiger partial charge is 0.490 e. The predicted octanol–water partition coefficient (Wildman–Crippen LogP) is 1.99. The van der Waals surface area contributed by atoms with Crippen LogP contribution in [0.5, 0.6) is 11.5 Å². The minimum Gasteiger partial charge on any atom is -0.496 e. The van der Waals surface area contributed by atoms with Crippen molar-refractivity contribution in [3.63, 3.8) is 0 Å². The molecule has 0 radical (unpaired) electrons. The van der Waals surface area contributed by atoms with Gasteiger partial charge in [-0.2, -0.15) is 13.2 Å². The van der Waals surface area contributed by atoms with Crippen molar-refractivity contribution in [3.8, 4) is 11.5 Å². The molecule has 0 fully saturated rings. The number of rotatable bonds is 5. The molecule has 122 valence electrons. The summed E-state index contributed by atoms with van der Waals surface area (Å²) >= 11 is 5.84. The number of amides is 1. The molecular formula is C12H11ClF3NO5. The summed E-state index contributed by atoms with van der Waals surface area (Å²) in [6.07, 6.45) is -7.30. The standard InChI is InChI=1S/C12H11ClF3NO5/c1-20-7-4-8(21-2)6(13)3-5(7)9(10(17)18)22-11(19)12(14,15)16/h3-4,9H,1-2H3,(H2,17,18). The van der Waals surface area contributed by atoms with Gasteiger partial charge in [-0.25, -0.2) is 4.79 Å². The number of benzene rings is 1. The average molecular weight is 342 g/mol. The molecule has 1 atom stereocenters. The zero-order valence-corrected chi connectivity index (χ0v) is 12.1. The monoisotopic (exact) mass is 341 g/mol. The third kappa shape index (κ3) is 3.94. The lowest BCUT2D eigenvalue weighted by Gasteiger charge is -2.19. The minimum atomic E-state index is -5.28. The number of nitrogens with two attached hydrogens (primary N) is 1. The molecule has 0 saturated heterocycles. The first-order valence-electron chi connectivity index (χ1n) is 5.60. The van der Waals surface area contributed by atoms with Gasteiger partial charge in [0.1, 0.15) is 11.5 Å². The van der Waals surface area contributed by atoms with Crippen LogP contribution in [0.25, 0.3) is 0 Å². The summed E-state index contributed by atoms with van der Waals surface area (Å²) in [5, 5.41) is -0.0346. The average Bonchev–Trinajstić information content (AvgIpc) is 2.42. The zero-order chi connectivity index (χ0) is 17.1.